The maximum Gasteiger partial charge on any atom is 0.243 e. The molecule has 5 aromatic rings. The number of ketones is 1. The lowest BCUT2D eigenvalue weighted by Crippen LogP contribution is -2.58. The van der Waals surface area contributed by atoms with E-state index in [0.29, 0.717) is 11.9 Å². The largest absolute Gasteiger partial charge is 0.370 e. The molecule has 0 aliphatic carbocycles. The maximum absolute atomic E-state index is 14.2. The zero-order chi connectivity index (χ0) is 40.2. The van der Waals surface area contributed by atoms with Crippen molar-refractivity contribution in [1.82, 2.24) is 31.2 Å². The lowest BCUT2D eigenvalue weighted by atomic mass is 9.99. The molecule has 4 atom stereocenters. The predicted molar refractivity (Wildman–Crippen MR) is 219 cm³/mol. The summed E-state index contributed by atoms with van der Waals surface area (Å²) in [6.07, 6.45) is 2.92. The van der Waals surface area contributed by atoms with Crippen molar-refractivity contribution in [1.29, 1.82) is 0 Å². The summed E-state index contributed by atoms with van der Waals surface area (Å²) in [7, 11) is 0. The fourth-order valence-electron chi connectivity index (χ4n) is 6.45. The average molecular weight is 780 g/mol. The van der Waals surface area contributed by atoms with Crippen LogP contribution < -0.4 is 32.7 Å². The molecule has 0 unspecified atom stereocenters. The highest BCUT2D eigenvalue weighted by molar-refractivity contribution is 7.20. The van der Waals surface area contributed by atoms with E-state index in [9.17, 15) is 24.0 Å². The van der Waals surface area contributed by atoms with Gasteiger partial charge in [0.25, 0.3) is 0 Å². The molecule has 0 saturated carbocycles. The molecule has 0 spiro atoms. The summed E-state index contributed by atoms with van der Waals surface area (Å²) in [4.78, 5) is 80.2. The van der Waals surface area contributed by atoms with Crippen LogP contribution in [-0.4, -0.2) is 76.1 Å². The van der Waals surface area contributed by atoms with Gasteiger partial charge in [-0.15, -0.1) is 11.3 Å². The number of carbonyl (C=O) groups is 5. The highest BCUT2D eigenvalue weighted by atomic mass is 32.1. The van der Waals surface area contributed by atoms with Crippen LogP contribution in [0.1, 0.15) is 61.0 Å². The van der Waals surface area contributed by atoms with E-state index in [2.05, 4.69) is 36.2 Å². The predicted octanol–water partition coefficient (Wildman–Crippen LogP) is 3.50. The Hall–Kier alpha value is -6.09. The van der Waals surface area contributed by atoms with Gasteiger partial charge in [0.05, 0.1) is 16.3 Å². The molecular weight excluding hydrogens is 731 g/mol. The van der Waals surface area contributed by atoms with Crippen LogP contribution in [0.2, 0.25) is 0 Å². The Labute approximate surface area is 329 Å². The normalized spacial score (nSPS) is 13.4. The third-order valence-corrected chi connectivity index (χ3v) is 10.2. The first-order valence-corrected chi connectivity index (χ1v) is 19.4. The minimum atomic E-state index is -1.13. The molecule has 9 N–H and O–H groups in total. The van der Waals surface area contributed by atoms with Crippen molar-refractivity contribution >= 4 is 67.8 Å². The van der Waals surface area contributed by atoms with E-state index < -0.39 is 47.8 Å². The molecule has 0 radical (unpaired) electrons. The number of hydrogen-bond donors (Lipinski definition) is 7. The smallest absolute Gasteiger partial charge is 0.243 e. The van der Waals surface area contributed by atoms with Crippen LogP contribution in [0, 0.1) is 5.92 Å². The lowest BCUT2D eigenvalue weighted by molar-refractivity contribution is -0.133. The number of Topliss-reactive ketones (excluding diaryl/α,β-unsaturated/α-hetero) is 1. The number of carbonyl (C=O) groups excluding carboxylic acids is 5. The highest BCUT2D eigenvalue weighted by Crippen LogP contribution is 2.24. The second-order valence-corrected chi connectivity index (χ2v) is 15.1. The van der Waals surface area contributed by atoms with E-state index >= 15 is 0 Å². The molecule has 294 valence electrons. The Kier molecular flexibility index (Phi) is 14.3. The number of H-pyrrole nitrogens is 1. The first-order valence-electron chi connectivity index (χ1n) is 18.6. The number of benzene rings is 3. The number of guanidine groups is 1. The number of aromatic nitrogens is 2. The number of hydrogen-bond acceptors (Lipinski definition) is 8. The van der Waals surface area contributed by atoms with E-state index in [0.717, 1.165) is 26.7 Å². The second kappa shape index (κ2) is 19.5. The molecule has 4 amide bonds. The summed E-state index contributed by atoms with van der Waals surface area (Å²) >= 11 is 1.23. The zero-order valence-electron chi connectivity index (χ0n) is 31.7. The van der Waals surface area contributed by atoms with E-state index in [1.165, 1.54) is 18.3 Å². The van der Waals surface area contributed by atoms with Crippen LogP contribution in [0.3, 0.4) is 0 Å². The molecular formula is C41H49N9O5S. The average Bonchev–Trinajstić information content (AvgIpc) is 3.79. The van der Waals surface area contributed by atoms with Gasteiger partial charge in [0, 0.05) is 43.4 Å². The van der Waals surface area contributed by atoms with Crippen molar-refractivity contribution < 1.29 is 24.0 Å². The van der Waals surface area contributed by atoms with Gasteiger partial charge in [0.2, 0.25) is 29.4 Å². The molecule has 3 aromatic carbocycles. The summed E-state index contributed by atoms with van der Waals surface area (Å²) in [5.74, 6) is -2.61. The molecule has 0 aliphatic heterocycles. The number of aliphatic imine (C=N–C) groups is 1. The summed E-state index contributed by atoms with van der Waals surface area (Å²) in [5, 5.41) is 12.5. The van der Waals surface area contributed by atoms with Gasteiger partial charge >= 0.3 is 0 Å². The van der Waals surface area contributed by atoms with E-state index in [-0.39, 0.29) is 54.9 Å². The number of nitrogens with two attached hydrogens (primary N) is 2. The number of rotatable bonds is 19. The van der Waals surface area contributed by atoms with Gasteiger partial charge in [-0.1, -0.05) is 74.5 Å². The molecule has 2 heterocycles. The van der Waals surface area contributed by atoms with Gasteiger partial charge in [-0.25, -0.2) is 4.98 Å². The number of fused-ring (bicyclic) bond motifs is 2. The molecule has 0 fully saturated rings. The van der Waals surface area contributed by atoms with Crippen LogP contribution in [-0.2, 0) is 32.0 Å². The van der Waals surface area contributed by atoms with Crippen molar-refractivity contribution in [3.05, 3.63) is 101 Å². The number of amides is 4. The number of aromatic amines is 1. The first kappa shape index (κ1) is 41.1. The van der Waals surface area contributed by atoms with Crippen LogP contribution in [0.25, 0.3) is 21.1 Å². The van der Waals surface area contributed by atoms with Gasteiger partial charge in [0.1, 0.15) is 18.1 Å². The highest BCUT2D eigenvalue weighted by Gasteiger charge is 2.33. The fraction of sp³-hybridized carbons (Fsp3) is 0.341. The zero-order valence-corrected chi connectivity index (χ0v) is 32.5. The monoisotopic (exact) mass is 779 g/mol. The van der Waals surface area contributed by atoms with Gasteiger partial charge in [0.15, 0.2) is 11.0 Å². The molecule has 0 bridgehead atoms. The summed E-state index contributed by atoms with van der Waals surface area (Å²) in [6, 6.07) is 20.0. The molecule has 15 heteroatoms. The van der Waals surface area contributed by atoms with Crippen LogP contribution in [0.15, 0.2) is 90.1 Å². The minimum absolute atomic E-state index is 0.0266. The third-order valence-electron chi connectivity index (χ3n) is 9.13. The van der Waals surface area contributed by atoms with Crippen LogP contribution in [0.4, 0.5) is 0 Å². The Morgan fingerprint density at radius 3 is 2.09 bits per heavy atom. The third kappa shape index (κ3) is 11.5. The van der Waals surface area contributed by atoms with Crippen molar-refractivity contribution in [3.63, 3.8) is 0 Å². The fourth-order valence-corrected chi connectivity index (χ4v) is 7.41. The maximum atomic E-state index is 14.2. The minimum Gasteiger partial charge on any atom is -0.370 e. The van der Waals surface area contributed by atoms with Crippen molar-refractivity contribution in [2.24, 2.45) is 22.4 Å². The molecule has 0 saturated heterocycles. The van der Waals surface area contributed by atoms with E-state index in [1.807, 2.05) is 92.7 Å². The summed E-state index contributed by atoms with van der Waals surface area (Å²) in [5.41, 5.74) is 14.2. The Balaban J connectivity index is 1.37. The van der Waals surface area contributed by atoms with Gasteiger partial charge in [-0.3, -0.25) is 29.0 Å². The Morgan fingerprint density at radius 2 is 1.39 bits per heavy atom. The van der Waals surface area contributed by atoms with E-state index in [1.54, 1.807) is 6.20 Å². The standard InChI is InChI=1S/C41H49N9O5S/c1-24(2)20-32(48-39(55)34(46-25(3)51)22-27-23-45-29-15-8-7-14-28(27)29)37(53)49-33(21-26-12-5-4-6-13-26)38(54)47-31(17-11-19-44-41(42)43)36(52)40-50-30-16-9-10-18-35(30)56-40/h4-10,12-16,18,23-24,31-34,45H,11,17,19-22H2,1-3H3,(H,46,51)(H,47,54)(H,48,55)(H,49,53)(H4,42,43,44)/t31-,32-,33-,34-/m0/s1. The molecule has 2 aromatic heterocycles. The lowest BCUT2D eigenvalue weighted by Gasteiger charge is -2.27. The quantitative estimate of drug-likeness (QED) is 0.0284. The molecule has 56 heavy (non-hydrogen) atoms. The van der Waals surface area contributed by atoms with Crippen molar-refractivity contribution in [3.8, 4) is 0 Å². The summed E-state index contributed by atoms with van der Waals surface area (Å²) < 4.78 is 0.830. The van der Waals surface area contributed by atoms with Crippen molar-refractivity contribution in [2.45, 2.75) is 77.0 Å². The number of para-hydroxylation sites is 2. The molecule has 14 nitrogen and oxygen atoms in total. The molecule has 5 rings (SSSR count). The second-order valence-electron chi connectivity index (χ2n) is 14.1. The van der Waals surface area contributed by atoms with Crippen molar-refractivity contribution in [2.75, 3.05) is 6.54 Å². The van der Waals surface area contributed by atoms with Gasteiger partial charge in [-0.05, 0) is 54.5 Å². The Morgan fingerprint density at radius 1 is 0.768 bits per heavy atom. The summed E-state index contributed by atoms with van der Waals surface area (Å²) in [6.45, 7) is 5.40. The SMILES string of the molecule is CC(=O)N[C@@H](Cc1c[nH]c2ccccc12)C(=O)N[C@@H](CC(C)C)C(=O)N[C@@H](Cc1ccccc1)C(=O)N[C@@H](CCCN=C(N)N)C(=O)c1nc2ccccc2s1. The van der Waals surface area contributed by atoms with Gasteiger partial charge < -0.3 is 37.7 Å². The number of nitrogens with zero attached hydrogens (tertiary/aromatic N) is 2. The van der Waals surface area contributed by atoms with Gasteiger partial charge in [-0.2, -0.15) is 0 Å². The number of thiazole rings is 1. The van der Waals surface area contributed by atoms with Crippen LogP contribution >= 0.6 is 11.3 Å². The number of nitrogens with one attached hydrogen (secondary N) is 5. The molecule has 0 aliphatic rings. The van der Waals surface area contributed by atoms with E-state index in [4.69, 9.17) is 11.5 Å². The van der Waals surface area contributed by atoms with Crippen LogP contribution in [0.5, 0.6) is 0 Å². The Bertz CT molecular complexity index is 2140. The topological polar surface area (TPSA) is 227 Å². The first-order chi connectivity index (χ1) is 26.9.